The molecule has 27 heavy (non-hydrogen) atoms. The molecule has 1 N–H and O–H groups in total. The number of thiazole rings is 1. The fourth-order valence-corrected chi connectivity index (χ4v) is 3.66. The molecule has 0 aliphatic rings. The summed E-state index contributed by atoms with van der Waals surface area (Å²) in [6.45, 7) is -0.283. The van der Waals surface area contributed by atoms with Gasteiger partial charge < -0.3 is 10.1 Å². The summed E-state index contributed by atoms with van der Waals surface area (Å²) in [5.41, 5.74) is 2.39. The number of benzene rings is 3. The molecule has 4 aromatic rings. The number of carbonyl (C=O) groups excluding carboxylic acids is 1. The Morgan fingerprint density at radius 3 is 2.59 bits per heavy atom. The Labute approximate surface area is 159 Å². The molecule has 0 spiro atoms. The first kappa shape index (κ1) is 17.2. The highest BCUT2D eigenvalue weighted by molar-refractivity contribution is 7.21. The highest BCUT2D eigenvalue weighted by Gasteiger charge is 2.13. The van der Waals surface area contributed by atoms with Gasteiger partial charge in [-0.25, -0.2) is 9.37 Å². The minimum absolute atomic E-state index is 0.0482. The first-order valence-corrected chi connectivity index (χ1v) is 9.14. The van der Waals surface area contributed by atoms with Gasteiger partial charge in [-0.1, -0.05) is 36.4 Å². The molecule has 0 saturated heterocycles. The Hall–Kier alpha value is -3.25. The highest BCUT2D eigenvalue weighted by Crippen LogP contribution is 2.34. The van der Waals surface area contributed by atoms with E-state index in [1.165, 1.54) is 12.1 Å². The molecule has 0 atom stereocenters. The van der Waals surface area contributed by atoms with Crippen LogP contribution in [0.25, 0.3) is 20.8 Å². The lowest BCUT2D eigenvalue weighted by molar-refractivity contribution is -0.118. The average Bonchev–Trinajstić information content (AvgIpc) is 3.12. The van der Waals surface area contributed by atoms with Crippen LogP contribution in [0, 0.1) is 5.82 Å². The maximum absolute atomic E-state index is 13.6. The third kappa shape index (κ3) is 3.80. The van der Waals surface area contributed by atoms with Crippen molar-refractivity contribution in [2.24, 2.45) is 0 Å². The number of nitrogens with zero attached hydrogens (tertiary/aromatic N) is 1. The second kappa shape index (κ2) is 7.55. The van der Waals surface area contributed by atoms with Crippen LogP contribution in [0.15, 0.2) is 72.8 Å². The summed E-state index contributed by atoms with van der Waals surface area (Å²) in [4.78, 5) is 16.9. The number of carbonyl (C=O) groups is 1. The van der Waals surface area contributed by atoms with Gasteiger partial charge in [0.05, 0.1) is 15.9 Å². The Morgan fingerprint density at radius 1 is 1.00 bits per heavy atom. The van der Waals surface area contributed by atoms with Crippen molar-refractivity contribution in [1.82, 2.24) is 4.98 Å². The van der Waals surface area contributed by atoms with Crippen molar-refractivity contribution < 1.29 is 13.9 Å². The second-order valence-corrected chi connectivity index (χ2v) is 6.83. The smallest absolute Gasteiger partial charge is 0.262 e. The standard InChI is InChI=1S/C21H15FN2O2S/c22-15-8-2-5-11-18(15)26-13-20(25)23-16-9-3-1-7-14(16)21-24-17-10-4-6-12-19(17)27-21/h1-12H,13H2,(H,23,25). The van der Waals surface area contributed by atoms with Crippen molar-refractivity contribution in [3.8, 4) is 16.3 Å². The number of halogens is 1. The predicted molar refractivity (Wildman–Crippen MR) is 106 cm³/mol. The number of aromatic nitrogens is 1. The third-order valence-corrected chi connectivity index (χ3v) is 4.99. The zero-order valence-corrected chi connectivity index (χ0v) is 15.0. The Kier molecular flexibility index (Phi) is 4.80. The maximum atomic E-state index is 13.6. The minimum atomic E-state index is -0.500. The van der Waals surface area contributed by atoms with E-state index >= 15 is 0 Å². The molecule has 0 saturated carbocycles. The van der Waals surface area contributed by atoms with Gasteiger partial charge in [0.25, 0.3) is 5.91 Å². The molecule has 0 bridgehead atoms. The van der Waals surface area contributed by atoms with E-state index in [1.807, 2.05) is 48.5 Å². The van der Waals surface area contributed by atoms with E-state index in [4.69, 9.17) is 4.74 Å². The van der Waals surface area contributed by atoms with Crippen LogP contribution in [-0.2, 0) is 4.79 Å². The molecule has 1 amide bonds. The molecule has 0 aliphatic carbocycles. The SMILES string of the molecule is O=C(COc1ccccc1F)Nc1ccccc1-c1nc2ccccc2s1. The van der Waals surface area contributed by atoms with Crippen LogP contribution in [0.2, 0.25) is 0 Å². The van der Waals surface area contributed by atoms with E-state index in [-0.39, 0.29) is 18.3 Å². The lowest BCUT2D eigenvalue weighted by Crippen LogP contribution is -2.20. The van der Waals surface area contributed by atoms with Gasteiger partial charge in [0.15, 0.2) is 18.2 Å². The van der Waals surface area contributed by atoms with Gasteiger partial charge in [0.1, 0.15) is 5.01 Å². The first-order chi connectivity index (χ1) is 13.2. The van der Waals surface area contributed by atoms with Crippen molar-refractivity contribution in [3.05, 3.63) is 78.6 Å². The van der Waals surface area contributed by atoms with Crippen LogP contribution in [0.1, 0.15) is 0 Å². The molecule has 3 aromatic carbocycles. The van der Waals surface area contributed by atoms with Crippen molar-refractivity contribution in [2.75, 3.05) is 11.9 Å². The summed E-state index contributed by atoms with van der Waals surface area (Å²) in [5.74, 6) is -0.820. The van der Waals surface area contributed by atoms with E-state index in [0.717, 1.165) is 20.8 Å². The van der Waals surface area contributed by atoms with Crippen LogP contribution in [0.5, 0.6) is 5.75 Å². The summed E-state index contributed by atoms with van der Waals surface area (Å²) in [5, 5.41) is 3.64. The lowest BCUT2D eigenvalue weighted by atomic mass is 10.2. The molecule has 134 valence electrons. The molecule has 4 rings (SSSR count). The lowest BCUT2D eigenvalue weighted by Gasteiger charge is -2.10. The van der Waals surface area contributed by atoms with Gasteiger partial charge in [-0.15, -0.1) is 11.3 Å². The number of fused-ring (bicyclic) bond motifs is 1. The molecule has 0 unspecified atom stereocenters. The second-order valence-electron chi connectivity index (χ2n) is 5.80. The Balaban J connectivity index is 1.52. The van der Waals surface area contributed by atoms with E-state index < -0.39 is 5.82 Å². The van der Waals surface area contributed by atoms with Crippen molar-refractivity contribution >= 4 is 33.1 Å². The highest BCUT2D eigenvalue weighted by atomic mass is 32.1. The molecule has 4 nitrogen and oxygen atoms in total. The summed E-state index contributed by atoms with van der Waals surface area (Å²) >= 11 is 1.56. The molecule has 0 aliphatic heterocycles. The Morgan fingerprint density at radius 2 is 1.74 bits per heavy atom. The van der Waals surface area contributed by atoms with E-state index in [2.05, 4.69) is 10.3 Å². The zero-order chi connectivity index (χ0) is 18.6. The predicted octanol–water partition coefficient (Wildman–Crippen LogP) is 5.12. The van der Waals surface area contributed by atoms with Crippen LogP contribution >= 0.6 is 11.3 Å². The number of hydrogen-bond acceptors (Lipinski definition) is 4. The summed E-state index contributed by atoms with van der Waals surface area (Å²) in [7, 11) is 0. The largest absolute Gasteiger partial charge is 0.481 e. The molecule has 1 heterocycles. The monoisotopic (exact) mass is 378 g/mol. The topological polar surface area (TPSA) is 51.2 Å². The normalized spacial score (nSPS) is 10.7. The van der Waals surface area contributed by atoms with E-state index in [9.17, 15) is 9.18 Å². The summed E-state index contributed by atoms with van der Waals surface area (Å²) in [6, 6.07) is 21.3. The zero-order valence-electron chi connectivity index (χ0n) is 14.2. The number of para-hydroxylation sites is 3. The number of rotatable bonds is 5. The number of nitrogens with one attached hydrogen (secondary N) is 1. The minimum Gasteiger partial charge on any atom is -0.481 e. The van der Waals surface area contributed by atoms with Gasteiger partial charge in [-0.2, -0.15) is 0 Å². The first-order valence-electron chi connectivity index (χ1n) is 8.33. The number of anilines is 1. The van der Waals surface area contributed by atoms with Crippen molar-refractivity contribution in [3.63, 3.8) is 0 Å². The summed E-state index contributed by atoms with van der Waals surface area (Å²) < 4.78 is 19.9. The van der Waals surface area contributed by atoms with Crippen molar-refractivity contribution in [2.45, 2.75) is 0 Å². The van der Waals surface area contributed by atoms with Gasteiger partial charge >= 0.3 is 0 Å². The van der Waals surface area contributed by atoms with Crippen LogP contribution in [-0.4, -0.2) is 17.5 Å². The number of ether oxygens (including phenoxy) is 1. The third-order valence-electron chi connectivity index (χ3n) is 3.92. The Bertz CT molecular complexity index is 1080. The number of hydrogen-bond donors (Lipinski definition) is 1. The van der Waals surface area contributed by atoms with Crippen LogP contribution in [0.3, 0.4) is 0 Å². The van der Waals surface area contributed by atoms with E-state index in [1.54, 1.807) is 23.5 Å². The fourth-order valence-electron chi connectivity index (χ4n) is 2.66. The molecular weight excluding hydrogens is 363 g/mol. The van der Waals surface area contributed by atoms with Crippen molar-refractivity contribution in [1.29, 1.82) is 0 Å². The molecule has 6 heteroatoms. The summed E-state index contributed by atoms with van der Waals surface area (Å²) in [6.07, 6.45) is 0. The van der Waals surface area contributed by atoms with E-state index in [0.29, 0.717) is 5.69 Å². The fraction of sp³-hybridized carbons (Fsp3) is 0.0476. The maximum Gasteiger partial charge on any atom is 0.262 e. The van der Waals surface area contributed by atoms with Crippen LogP contribution in [0.4, 0.5) is 10.1 Å². The quantitative estimate of drug-likeness (QED) is 0.524. The van der Waals surface area contributed by atoms with Gasteiger partial charge in [0.2, 0.25) is 0 Å². The average molecular weight is 378 g/mol. The molecule has 0 radical (unpaired) electrons. The molecule has 0 fully saturated rings. The van der Waals surface area contributed by atoms with Gasteiger partial charge in [-0.05, 0) is 36.4 Å². The molecular formula is C21H15FN2O2S. The number of amides is 1. The van der Waals surface area contributed by atoms with Crippen LogP contribution < -0.4 is 10.1 Å². The van der Waals surface area contributed by atoms with Gasteiger partial charge in [0, 0.05) is 5.56 Å². The molecule has 1 aromatic heterocycles. The van der Waals surface area contributed by atoms with Gasteiger partial charge in [-0.3, -0.25) is 4.79 Å².